The van der Waals surface area contributed by atoms with Crippen molar-refractivity contribution < 1.29 is 19.1 Å². The summed E-state index contributed by atoms with van der Waals surface area (Å²) in [6, 6.07) is 0.0392. The zero-order valence-electron chi connectivity index (χ0n) is 20.0. The number of carbonyl (C=O) groups is 2. The highest BCUT2D eigenvalue weighted by atomic mass is 16.5. The molecule has 2 fully saturated rings. The molecule has 0 aromatic rings. The third-order valence-electron chi connectivity index (χ3n) is 6.13. The molecule has 2 N–H and O–H groups in total. The molecule has 6 heteroatoms. The fourth-order valence-corrected chi connectivity index (χ4v) is 4.83. The van der Waals surface area contributed by atoms with Crippen molar-refractivity contribution in [2.24, 2.45) is 10.8 Å². The molecule has 2 saturated heterocycles. The highest BCUT2D eigenvalue weighted by Crippen LogP contribution is 2.32. The lowest BCUT2D eigenvalue weighted by Gasteiger charge is -2.28. The van der Waals surface area contributed by atoms with Crippen molar-refractivity contribution in [1.29, 1.82) is 0 Å². The summed E-state index contributed by atoms with van der Waals surface area (Å²) in [7, 11) is 0. The molecule has 2 rings (SSSR count). The number of carbonyl (C=O) groups excluding carboxylic acids is 2. The first-order chi connectivity index (χ1) is 14.0. The molecule has 2 aliphatic heterocycles. The first kappa shape index (κ1) is 25.1. The van der Waals surface area contributed by atoms with E-state index in [1.54, 1.807) is 0 Å². The van der Waals surface area contributed by atoms with Crippen LogP contribution in [-0.4, -0.2) is 49.3 Å². The molecule has 4 atom stereocenters. The third-order valence-corrected chi connectivity index (χ3v) is 6.13. The van der Waals surface area contributed by atoms with Gasteiger partial charge < -0.3 is 20.1 Å². The number of hydrogen-bond acceptors (Lipinski definition) is 6. The van der Waals surface area contributed by atoms with Crippen LogP contribution in [0.25, 0.3) is 0 Å². The van der Waals surface area contributed by atoms with E-state index in [9.17, 15) is 9.59 Å². The lowest BCUT2D eigenvalue weighted by atomic mass is 9.81. The maximum atomic E-state index is 12.5. The zero-order chi connectivity index (χ0) is 22.4. The Kier molecular flexibility index (Phi) is 9.16. The first-order valence-corrected chi connectivity index (χ1v) is 11.8. The van der Waals surface area contributed by atoms with Crippen LogP contribution in [0.5, 0.6) is 0 Å². The van der Waals surface area contributed by atoms with Gasteiger partial charge in [0.25, 0.3) is 0 Å². The molecule has 0 saturated carbocycles. The summed E-state index contributed by atoms with van der Waals surface area (Å²) >= 11 is 0. The molecule has 2 aliphatic rings. The van der Waals surface area contributed by atoms with Gasteiger partial charge in [-0.2, -0.15) is 0 Å². The predicted molar refractivity (Wildman–Crippen MR) is 119 cm³/mol. The van der Waals surface area contributed by atoms with Crippen LogP contribution in [0.4, 0.5) is 0 Å². The van der Waals surface area contributed by atoms with E-state index in [1.807, 2.05) is 6.92 Å². The SMILES string of the molecule is C[C@H](CC(C)(C)C)OC(=O)[C@H]1CCC(CC(C)(C)CCCOC(=O)[C@@H]2CCCN2)N1. The molecule has 0 aromatic heterocycles. The quantitative estimate of drug-likeness (QED) is 0.408. The molecule has 0 amide bonds. The lowest BCUT2D eigenvalue weighted by Crippen LogP contribution is -2.40. The van der Waals surface area contributed by atoms with Crippen molar-refractivity contribution in [2.75, 3.05) is 13.2 Å². The van der Waals surface area contributed by atoms with E-state index in [-0.39, 0.29) is 41.0 Å². The van der Waals surface area contributed by atoms with Gasteiger partial charge in [-0.1, -0.05) is 34.6 Å². The summed E-state index contributed by atoms with van der Waals surface area (Å²) in [6.45, 7) is 14.4. The average Bonchev–Trinajstić information content (AvgIpc) is 3.28. The summed E-state index contributed by atoms with van der Waals surface area (Å²) < 4.78 is 11.1. The highest BCUT2D eigenvalue weighted by molar-refractivity contribution is 5.76. The molecular weight excluding hydrogens is 380 g/mol. The van der Waals surface area contributed by atoms with Gasteiger partial charge in [0.05, 0.1) is 12.7 Å². The number of hydrogen-bond donors (Lipinski definition) is 2. The molecule has 1 unspecified atom stereocenters. The summed E-state index contributed by atoms with van der Waals surface area (Å²) in [4.78, 5) is 24.5. The van der Waals surface area contributed by atoms with Crippen LogP contribution in [0.15, 0.2) is 0 Å². The number of ether oxygens (including phenoxy) is 2. The van der Waals surface area contributed by atoms with Gasteiger partial charge >= 0.3 is 11.9 Å². The number of nitrogens with one attached hydrogen (secondary N) is 2. The van der Waals surface area contributed by atoms with Crippen LogP contribution in [0.3, 0.4) is 0 Å². The van der Waals surface area contributed by atoms with E-state index in [1.165, 1.54) is 0 Å². The maximum Gasteiger partial charge on any atom is 0.323 e. The van der Waals surface area contributed by atoms with Crippen LogP contribution in [0, 0.1) is 10.8 Å². The summed E-state index contributed by atoms with van der Waals surface area (Å²) in [5, 5.41) is 6.67. The zero-order valence-corrected chi connectivity index (χ0v) is 20.0. The van der Waals surface area contributed by atoms with E-state index in [2.05, 4.69) is 45.3 Å². The standard InChI is InChI=1S/C24H44N2O4/c1-17(15-23(2,3)4)30-22(28)20-11-10-18(26-20)16-24(5,6)12-8-14-29-21(27)19-9-7-13-25-19/h17-20,25-26H,7-16H2,1-6H3/t17-,18?,19+,20-/m1/s1. The average molecular weight is 425 g/mol. The molecule has 30 heavy (non-hydrogen) atoms. The predicted octanol–water partition coefficient (Wildman–Crippen LogP) is 3.97. The summed E-state index contributed by atoms with van der Waals surface area (Å²) in [5.41, 5.74) is 0.283. The highest BCUT2D eigenvalue weighted by Gasteiger charge is 2.34. The minimum Gasteiger partial charge on any atom is -0.465 e. The van der Waals surface area contributed by atoms with Gasteiger partial charge in [0.2, 0.25) is 0 Å². The molecule has 0 aliphatic carbocycles. The molecule has 2 heterocycles. The van der Waals surface area contributed by atoms with E-state index in [0.29, 0.717) is 12.6 Å². The van der Waals surface area contributed by atoms with Gasteiger partial charge in [-0.15, -0.1) is 0 Å². The Bertz CT molecular complexity index is 564. The lowest BCUT2D eigenvalue weighted by molar-refractivity contribution is -0.151. The van der Waals surface area contributed by atoms with Crippen molar-refractivity contribution in [3.8, 4) is 0 Å². The van der Waals surface area contributed by atoms with Crippen LogP contribution >= 0.6 is 0 Å². The van der Waals surface area contributed by atoms with Crippen LogP contribution in [0.1, 0.15) is 92.9 Å². The first-order valence-electron chi connectivity index (χ1n) is 11.8. The maximum absolute atomic E-state index is 12.5. The smallest absolute Gasteiger partial charge is 0.323 e. The minimum atomic E-state index is -0.187. The van der Waals surface area contributed by atoms with Crippen molar-refractivity contribution >= 4 is 11.9 Å². The summed E-state index contributed by atoms with van der Waals surface area (Å²) in [6.07, 6.45) is 7.45. The largest absolute Gasteiger partial charge is 0.465 e. The van der Waals surface area contributed by atoms with E-state index in [0.717, 1.165) is 57.9 Å². The van der Waals surface area contributed by atoms with Gasteiger partial charge in [-0.25, -0.2) is 0 Å². The van der Waals surface area contributed by atoms with Crippen LogP contribution < -0.4 is 10.6 Å². The second kappa shape index (κ2) is 10.9. The monoisotopic (exact) mass is 424 g/mol. The van der Waals surface area contributed by atoms with E-state index in [4.69, 9.17) is 9.47 Å². The van der Waals surface area contributed by atoms with Crippen molar-refractivity contribution in [3.05, 3.63) is 0 Å². The second-order valence-corrected chi connectivity index (χ2v) is 11.3. The van der Waals surface area contributed by atoms with Crippen molar-refractivity contribution in [3.63, 3.8) is 0 Å². The van der Waals surface area contributed by atoms with Crippen molar-refractivity contribution in [2.45, 2.75) is 117 Å². The van der Waals surface area contributed by atoms with Gasteiger partial charge in [0, 0.05) is 6.04 Å². The minimum absolute atomic E-state index is 0.0584. The normalized spacial score (nSPS) is 25.9. The second-order valence-electron chi connectivity index (χ2n) is 11.3. The summed E-state index contributed by atoms with van der Waals surface area (Å²) in [5.74, 6) is -0.218. The van der Waals surface area contributed by atoms with E-state index >= 15 is 0 Å². The van der Waals surface area contributed by atoms with Gasteiger partial charge in [-0.3, -0.25) is 9.59 Å². The fraction of sp³-hybridized carbons (Fsp3) is 0.917. The van der Waals surface area contributed by atoms with Crippen molar-refractivity contribution in [1.82, 2.24) is 10.6 Å². The Morgan fingerprint density at radius 3 is 2.40 bits per heavy atom. The molecule has 0 spiro atoms. The molecule has 0 aromatic carbocycles. The molecule has 6 nitrogen and oxygen atoms in total. The molecular formula is C24H44N2O4. The van der Waals surface area contributed by atoms with Crippen LogP contribution in [0.2, 0.25) is 0 Å². The molecule has 0 bridgehead atoms. The fourth-order valence-electron chi connectivity index (χ4n) is 4.83. The van der Waals surface area contributed by atoms with Gasteiger partial charge in [0.1, 0.15) is 12.1 Å². The number of esters is 2. The third kappa shape index (κ3) is 8.93. The number of rotatable bonds is 10. The van der Waals surface area contributed by atoms with Gasteiger partial charge in [0.15, 0.2) is 0 Å². The Labute approximate surface area is 183 Å². The van der Waals surface area contributed by atoms with Crippen LogP contribution in [-0.2, 0) is 19.1 Å². The van der Waals surface area contributed by atoms with Gasteiger partial charge in [-0.05, 0) is 75.7 Å². The van der Waals surface area contributed by atoms with E-state index < -0.39 is 0 Å². The Morgan fingerprint density at radius 1 is 1.03 bits per heavy atom. The Balaban J connectivity index is 1.65. The molecule has 174 valence electrons. The molecule has 0 radical (unpaired) electrons. The Hall–Kier alpha value is -1.14. The Morgan fingerprint density at radius 2 is 1.77 bits per heavy atom. The topological polar surface area (TPSA) is 76.7 Å².